The van der Waals surface area contributed by atoms with Gasteiger partial charge in [-0.15, -0.1) is 0 Å². The first-order valence-electron chi connectivity index (χ1n) is 12.4. The van der Waals surface area contributed by atoms with Crippen LogP contribution in [0.25, 0.3) is 0 Å². The number of hydrogen-bond donors (Lipinski definition) is 2. The van der Waals surface area contributed by atoms with Gasteiger partial charge in [-0.05, 0) is 45.1 Å². The van der Waals surface area contributed by atoms with Gasteiger partial charge in [-0.1, -0.05) is 0 Å². The van der Waals surface area contributed by atoms with Crippen molar-refractivity contribution in [3.8, 4) is 5.75 Å². The maximum Gasteiger partial charge on any atom is 0.258 e. The second-order valence-electron chi connectivity index (χ2n) is 9.96. The molecule has 0 spiro atoms. The van der Waals surface area contributed by atoms with Crippen LogP contribution in [0.3, 0.4) is 0 Å². The smallest absolute Gasteiger partial charge is 0.258 e. The Hall–Kier alpha value is -3.25. The van der Waals surface area contributed by atoms with Gasteiger partial charge in [0.1, 0.15) is 24.2 Å². The van der Waals surface area contributed by atoms with E-state index in [0.29, 0.717) is 26.1 Å². The van der Waals surface area contributed by atoms with Gasteiger partial charge in [-0.3, -0.25) is 19.2 Å². The average Bonchev–Trinajstić information content (AvgIpc) is 3.22. The van der Waals surface area contributed by atoms with E-state index in [4.69, 9.17) is 10.5 Å². The van der Waals surface area contributed by atoms with Crippen LogP contribution in [0, 0.1) is 5.82 Å². The number of benzene rings is 1. The molecular weight excluding hydrogens is 483 g/mol. The molecule has 4 amide bonds. The first-order chi connectivity index (χ1) is 17.5. The molecule has 1 saturated heterocycles. The molecule has 3 N–H and O–H groups in total. The van der Waals surface area contributed by atoms with Crippen LogP contribution in [0.1, 0.15) is 29.6 Å². The number of carbonyl (C=O) groups is 4. The van der Waals surface area contributed by atoms with Gasteiger partial charge in [0.25, 0.3) is 5.91 Å². The number of carbonyl (C=O) groups excluding carboxylic acids is 4. The quantitative estimate of drug-likeness (QED) is 0.548. The zero-order valence-corrected chi connectivity index (χ0v) is 21.9. The molecule has 2 aliphatic heterocycles. The zero-order chi connectivity index (χ0) is 27.3. The summed E-state index contributed by atoms with van der Waals surface area (Å²) in [5.41, 5.74) is 6.05. The fourth-order valence-corrected chi connectivity index (χ4v) is 4.58. The summed E-state index contributed by atoms with van der Waals surface area (Å²) in [4.78, 5) is 58.5. The van der Waals surface area contributed by atoms with E-state index >= 15 is 0 Å². The number of hydrogen-bond acceptors (Lipinski definition) is 7. The molecule has 0 unspecified atom stereocenters. The Morgan fingerprint density at radius 2 is 1.95 bits per heavy atom. The maximum atomic E-state index is 14.2. The number of rotatable bonds is 4. The maximum absolute atomic E-state index is 14.2. The van der Waals surface area contributed by atoms with E-state index in [1.54, 1.807) is 4.90 Å². The first-order valence-corrected chi connectivity index (χ1v) is 12.4. The second-order valence-corrected chi connectivity index (χ2v) is 9.96. The van der Waals surface area contributed by atoms with Gasteiger partial charge in [0, 0.05) is 46.2 Å². The summed E-state index contributed by atoms with van der Waals surface area (Å²) in [5, 5.41) is 2.80. The summed E-state index contributed by atoms with van der Waals surface area (Å²) in [5.74, 6) is -2.14. The van der Waals surface area contributed by atoms with Crippen molar-refractivity contribution in [1.82, 2.24) is 24.9 Å². The van der Waals surface area contributed by atoms with Gasteiger partial charge in [0.15, 0.2) is 0 Å². The number of fused-ring (bicyclic) bond motifs is 2. The van der Waals surface area contributed by atoms with Gasteiger partial charge in [-0.25, -0.2) is 4.39 Å². The number of likely N-dealkylation sites (N-methyl/N-ethyl adjacent to an activating group) is 3. The van der Waals surface area contributed by atoms with Crippen LogP contribution in [0.15, 0.2) is 18.2 Å². The molecule has 1 fully saturated rings. The summed E-state index contributed by atoms with van der Waals surface area (Å²) in [7, 11) is 6.71. The number of nitrogens with two attached hydrogens (primary N) is 1. The van der Waals surface area contributed by atoms with Crippen molar-refractivity contribution < 1.29 is 28.3 Å². The third-order valence-electron chi connectivity index (χ3n) is 6.75. The van der Waals surface area contributed by atoms with E-state index in [1.807, 2.05) is 19.0 Å². The molecule has 37 heavy (non-hydrogen) atoms. The van der Waals surface area contributed by atoms with Crippen molar-refractivity contribution >= 4 is 23.6 Å². The third kappa shape index (κ3) is 7.16. The van der Waals surface area contributed by atoms with Crippen molar-refractivity contribution in [2.24, 2.45) is 5.73 Å². The summed E-state index contributed by atoms with van der Waals surface area (Å²) < 4.78 is 20.1. The Morgan fingerprint density at radius 1 is 1.22 bits per heavy atom. The fraction of sp³-hybridized carbons (Fsp3) is 0.600. The summed E-state index contributed by atoms with van der Waals surface area (Å²) in [6.07, 6.45) is 0.446. The molecule has 2 heterocycles. The highest BCUT2D eigenvalue weighted by Gasteiger charge is 2.36. The number of amides is 4. The Labute approximate surface area is 216 Å². The lowest BCUT2D eigenvalue weighted by Crippen LogP contribution is -2.49. The second kappa shape index (κ2) is 12.3. The van der Waals surface area contributed by atoms with E-state index < -0.39 is 23.7 Å². The predicted molar refractivity (Wildman–Crippen MR) is 134 cm³/mol. The third-order valence-corrected chi connectivity index (χ3v) is 6.75. The standard InChI is InChI=1S/C25H37FN6O5/c1-29(2)10-9-28-24(35)20-6-8-22(33)30(3)14-23(34)32-13-17(27)12-18(32)15-37-21-7-5-16(26)11-19(21)25(36)31(20)4/h5,7,11,17-18,20H,6,8-10,12-15,27H2,1-4H3,(H,28,35)/t17-,18-,20-/m0/s1. The molecule has 3 rings (SSSR count). The molecule has 204 valence electrons. The van der Waals surface area contributed by atoms with Crippen LogP contribution in [0.5, 0.6) is 5.75 Å². The molecule has 0 saturated carbocycles. The van der Waals surface area contributed by atoms with Crippen molar-refractivity contribution in [3.05, 3.63) is 29.6 Å². The fourth-order valence-electron chi connectivity index (χ4n) is 4.58. The van der Waals surface area contributed by atoms with E-state index in [-0.39, 0.29) is 61.2 Å². The molecule has 12 heteroatoms. The van der Waals surface area contributed by atoms with Crippen molar-refractivity contribution in [1.29, 1.82) is 0 Å². The number of nitrogens with one attached hydrogen (secondary N) is 1. The van der Waals surface area contributed by atoms with Crippen LogP contribution in [0.4, 0.5) is 4.39 Å². The monoisotopic (exact) mass is 520 g/mol. The molecule has 0 radical (unpaired) electrons. The van der Waals surface area contributed by atoms with Gasteiger partial charge in [0.05, 0.1) is 18.2 Å². The highest BCUT2D eigenvalue weighted by Crippen LogP contribution is 2.25. The predicted octanol–water partition coefficient (Wildman–Crippen LogP) is -0.497. The number of nitrogens with zero attached hydrogens (tertiary/aromatic N) is 4. The highest BCUT2D eigenvalue weighted by atomic mass is 19.1. The zero-order valence-electron chi connectivity index (χ0n) is 21.9. The lowest BCUT2D eigenvalue weighted by molar-refractivity contribution is -0.140. The molecule has 0 bridgehead atoms. The molecular formula is C25H37FN6O5. The minimum absolute atomic E-state index is 0.0239. The van der Waals surface area contributed by atoms with E-state index in [0.717, 1.165) is 6.07 Å². The Bertz CT molecular complexity index is 1020. The minimum atomic E-state index is -0.995. The van der Waals surface area contributed by atoms with Crippen LogP contribution >= 0.6 is 0 Å². The van der Waals surface area contributed by atoms with Crippen LogP contribution in [-0.4, -0.2) is 122 Å². The van der Waals surface area contributed by atoms with E-state index in [2.05, 4.69) is 5.32 Å². The molecule has 2 aliphatic rings. The molecule has 11 nitrogen and oxygen atoms in total. The number of halogens is 1. The Balaban J connectivity index is 1.94. The normalized spacial score (nSPS) is 23.8. The van der Waals surface area contributed by atoms with Gasteiger partial charge in [0.2, 0.25) is 17.7 Å². The molecule has 0 aliphatic carbocycles. The number of ether oxygens (including phenoxy) is 1. The lowest BCUT2D eigenvalue weighted by Gasteiger charge is -2.28. The minimum Gasteiger partial charge on any atom is -0.491 e. The van der Waals surface area contributed by atoms with Gasteiger partial charge < -0.3 is 35.4 Å². The lowest BCUT2D eigenvalue weighted by atomic mass is 10.1. The summed E-state index contributed by atoms with van der Waals surface area (Å²) in [6.45, 7) is 1.16. The van der Waals surface area contributed by atoms with Crippen molar-refractivity contribution in [2.75, 3.05) is 61.0 Å². The van der Waals surface area contributed by atoms with E-state index in [9.17, 15) is 23.6 Å². The summed E-state index contributed by atoms with van der Waals surface area (Å²) >= 11 is 0. The van der Waals surface area contributed by atoms with Crippen LogP contribution in [0.2, 0.25) is 0 Å². The molecule has 1 aromatic rings. The summed E-state index contributed by atoms with van der Waals surface area (Å²) in [6, 6.07) is 2.00. The van der Waals surface area contributed by atoms with Crippen molar-refractivity contribution in [3.63, 3.8) is 0 Å². The Kier molecular flexibility index (Phi) is 9.44. The Morgan fingerprint density at radius 3 is 2.65 bits per heavy atom. The largest absolute Gasteiger partial charge is 0.491 e. The topological polar surface area (TPSA) is 129 Å². The van der Waals surface area contributed by atoms with Gasteiger partial charge in [-0.2, -0.15) is 0 Å². The first kappa shape index (κ1) is 28.3. The molecule has 0 aromatic heterocycles. The van der Waals surface area contributed by atoms with Crippen molar-refractivity contribution in [2.45, 2.75) is 37.4 Å². The SMILES string of the molecule is CN(C)CCNC(=O)[C@@H]1CCC(=O)N(C)CC(=O)N2C[C@@H](N)C[C@H]2COc2ccc(F)cc2C(=O)N1C. The average molecular weight is 521 g/mol. The molecule has 3 atom stereocenters. The molecule has 1 aromatic carbocycles. The van der Waals surface area contributed by atoms with E-state index in [1.165, 1.54) is 36.0 Å². The highest BCUT2D eigenvalue weighted by molar-refractivity contribution is 5.99. The van der Waals surface area contributed by atoms with Crippen LogP contribution < -0.4 is 15.8 Å². The van der Waals surface area contributed by atoms with Gasteiger partial charge >= 0.3 is 0 Å². The van der Waals surface area contributed by atoms with Crippen LogP contribution in [-0.2, 0) is 14.4 Å².